The van der Waals surface area contributed by atoms with Crippen molar-refractivity contribution < 1.29 is 22.7 Å². The minimum absolute atomic E-state index is 0.153. The first-order chi connectivity index (χ1) is 23.5. The summed E-state index contributed by atoms with van der Waals surface area (Å²) in [6.45, 7) is 5.55. The number of pyridine rings is 1. The number of aromatic nitrogens is 2. The summed E-state index contributed by atoms with van der Waals surface area (Å²) in [6.07, 6.45) is 3.14. The van der Waals surface area contributed by atoms with E-state index in [1.807, 2.05) is 72.8 Å². The van der Waals surface area contributed by atoms with E-state index >= 15 is 0 Å². The Morgan fingerprint density at radius 2 is 1.51 bits per heavy atom. The number of ether oxygens (including phenoxy) is 1. The van der Waals surface area contributed by atoms with Gasteiger partial charge in [-0.05, 0) is 68.7 Å². The number of alkyl carbamates (subject to hydrolysis) is 1. The summed E-state index contributed by atoms with van der Waals surface area (Å²) < 4.78 is 34.4. The van der Waals surface area contributed by atoms with Gasteiger partial charge in [0, 0.05) is 40.3 Å². The molecule has 250 valence electrons. The average molecular weight is 693 g/mol. The highest BCUT2D eigenvalue weighted by Gasteiger charge is 2.26. The Kier molecular flexibility index (Phi) is 9.66. The molecule has 0 aliphatic heterocycles. The Morgan fingerprint density at radius 3 is 2.18 bits per heavy atom. The fourth-order valence-corrected chi connectivity index (χ4v) is 7.79. The zero-order valence-corrected chi connectivity index (χ0v) is 28.9. The first-order valence-electron chi connectivity index (χ1n) is 15.8. The lowest BCUT2D eigenvalue weighted by molar-refractivity contribution is 0.0519. The van der Waals surface area contributed by atoms with Crippen LogP contribution in [0.15, 0.2) is 126 Å². The van der Waals surface area contributed by atoms with Crippen molar-refractivity contribution in [1.82, 2.24) is 19.6 Å². The van der Waals surface area contributed by atoms with Crippen LogP contribution in [0.5, 0.6) is 0 Å². The molecule has 0 saturated carbocycles. The molecule has 3 aromatic carbocycles. The lowest BCUT2D eigenvalue weighted by atomic mass is 10.0. The van der Waals surface area contributed by atoms with E-state index in [0.717, 1.165) is 21.6 Å². The van der Waals surface area contributed by atoms with Crippen LogP contribution in [0.2, 0.25) is 0 Å². The molecule has 6 aromatic rings. The van der Waals surface area contributed by atoms with Crippen molar-refractivity contribution in [1.29, 1.82) is 0 Å². The second-order valence-corrected chi connectivity index (χ2v) is 15.4. The summed E-state index contributed by atoms with van der Waals surface area (Å²) in [5.74, 6) is -0.291. The number of fused-ring (bicyclic) bond motifs is 1. The molecule has 0 aliphatic carbocycles. The smallest absolute Gasteiger partial charge is 0.407 e. The fraction of sp³-hybridized carbons (Fsp3) is 0.184. The van der Waals surface area contributed by atoms with Crippen molar-refractivity contribution in [3.8, 4) is 21.6 Å². The summed E-state index contributed by atoms with van der Waals surface area (Å²) in [7, 11) is -3.97. The topological polar surface area (TPSA) is 119 Å². The largest absolute Gasteiger partial charge is 0.444 e. The molecule has 3 aromatic heterocycles. The van der Waals surface area contributed by atoms with Crippen LogP contribution < -0.4 is 10.6 Å². The quantitative estimate of drug-likeness (QED) is 0.153. The van der Waals surface area contributed by atoms with E-state index in [-0.39, 0.29) is 23.0 Å². The highest BCUT2D eigenvalue weighted by atomic mass is 32.2. The monoisotopic (exact) mass is 692 g/mol. The van der Waals surface area contributed by atoms with Gasteiger partial charge in [-0.15, -0.1) is 11.3 Å². The lowest BCUT2D eigenvalue weighted by Crippen LogP contribution is -2.45. The van der Waals surface area contributed by atoms with Crippen molar-refractivity contribution in [2.75, 3.05) is 6.54 Å². The standard InChI is InChI=1S/C38H36N4O5S2/c1-38(2,3)47-37(44)40-24-28(23-26-13-7-4-8-14-26)41-36(43)33-20-19-32(48-33)30-21-22-39-35-34(30)31(27-15-9-5-10-16-27)25-42(35)49(45,46)29-17-11-6-12-18-29/h4-22,25,28H,23-24H2,1-3H3,(H,40,44)(H,41,43). The second-order valence-electron chi connectivity index (χ2n) is 12.5. The van der Waals surface area contributed by atoms with Crippen LogP contribution in [-0.2, 0) is 21.2 Å². The number of benzene rings is 3. The number of carbonyl (C=O) groups is 2. The maximum Gasteiger partial charge on any atom is 0.407 e. The van der Waals surface area contributed by atoms with Crippen molar-refractivity contribution in [2.24, 2.45) is 0 Å². The van der Waals surface area contributed by atoms with Gasteiger partial charge in [0.15, 0.2) is 5.65 Å². The van der Waals surface area contributed by atoms with Gasteiger partial charge in [-0.1, -0.05) is 78.9 Å². The number of hydrogen-bond donors (Lipinski definition) is 2. The van der Waals surface area contributed by atoms with Crippen LogP contribution in [0, 0.1) is 0 Å². The van der Waals surface area contributed by atoms with Gasteiger partial charge in [-0.3, -0.25) is 4.79 Å². The van der Waals surface area contributed by atoms with E-state index in [4.69, 9.17) is 4.74 Å². The molecule has 0 bridgehead atoms. The minimum Gasteiger partial charge on any atom is -0.444 e. The molecule has 2 N–H and O–H groups in total. The number of thiophene rings is 1. The Bertz CT molecular complexity index is 2190. The van der Waals surface area contributed by atoms with Crippen molar-refractivity contribution in [2.45, 2.75) is 43.7 Å². The molecule has 3 heterocycles. The Balaban J connectivity index is 1.33. The van der Waals surface area contributed by atoms with Gasteiger partial charge < -0.3 is 15.4 Å². The van der Waals surface area contributed by atoms with Gasteiger partial charge >= 0.3 is 6.09 Å². The SMILES string of the molecule is CC(C)(C)OC(=O)NCC(Cc1ccccc1)NC(=O)c1ccc(-c2ccnc3c2c(-c2ccccc2)cn3S(=O)(=O)c2ccccc2)s1. The first kappa shape index (κ1) is 33.6. The second kappa shape index (κ2) is 14.1. The molecule has 0 spiro atoms. The summed E-state index contributed by atoms with van der Waals surface area (Å²) in [5.41, 5.74) is 2.93. The zero-order chi connectivity index (χ0) is 34.6. The zero-order valence-electron chi connectivity index (χ0n) is 27.3. The predicted octanol–water partition coefficient (Wildman–Crippen LogP) is 7.53. The predicted molar refractivity (Wildman–Crippen MR) is 193 cm³/mol. The molecule has 0 fully saturated rings. The van der Waals surface area contributed by atoms with Gasteiger partial charge in [0.25, 0.3) is 15.9 Å². The van der Waals surface area contributed by atoms with Gasteiger partial charge in [-0.25, -0.2) is 22.2 Å². The van der Waals surface area contributed by atoms with Crippen LogP contribution in [0.25, 0.3) is 32.6 Å². The normalized spacial score (nSPS) is 12.4. The summed E-state index contributed by atoms with van der Waals surface area (Å²) in [6, 6.07) is 32.6. The summed E-state index contributed by atoms with van der Waals surface area (Å²) in [5, 5.41) is 6.53. The van der Waals surface area contributed by atoms with Gasteiger partial charge in [0.1, 0.15) is 5.60 Å². The van der Waals surface area contributed by atoms with E-state index in [1.165, 1.54) is 15.3 Å². The summed E-state index contributed by atoms with van der Waals surface area (Å²) >= 11 is 1.30. The van der Waals surface area contributed by atoms with Crippen LogP contribution in [-0.4, -0.2) is 47.6 Å². The molecule has 1 unspecified atom stereocenters. The van der Waals surface area contributed by atoms with E-state index in [9.17, 15) is 18.0 Å². The van der Waals surface area contributed by atoms with E-state index in [1.54, 1.807) is 69.6 Å². The van der Waals surface area contributed by atoms with Crippen LogP contribution >= 0.6 is 11.3 Å². The molecule has 0 radical (unpaired) electrons. The maximum absolute atomic E-state index is 13.9. The third-order valence-corrected chi connectivity index (χ3v) is 10.5. The van der Waals surface area contributed by atoms with Crippen molar-refractivity contribution in [3.63, 3.8) is 0 Å². The highest BCUT2D eigenvalue weighted by molar-refractivity contribution is 7.90. The van der Waals surface area contributed by atoms with Crippen LogP contribution in [0.1, 0.15) is 36.0 Å². The van der Waals surface area contributed by atoms with E-state index in [0.29, 0.717) is 22.2 Å². The van der Waals surface area contributed by atoms with Crippen LogP contribution in [0.3, 0.4) is 0 Å². The Morgan fingerprint density at radius 1 is 0.857 bits per heavy atom. The van der Waals surface area contributed by atoms with Crippen molar-refractivity contribution in [3.05, 3.63) is 132 Å². The average Bonchev–Trinajstić information content (AvgIpc) is 3.74. The van der Waals surface area contributed by atoms with Gasteiger partial charge in [0.2, 0.25) is 0 Å². The van der Waals surface area contributed by atoms with E-state index in [2.05, 4.69) is 15.6 Å². The molecule has 6 rings (SSSR count). The number of hydrogen-bond acceptors (Lipinski definition) is 7. The fourth-order valence-electron chi connectivity index (χ4n) is 5.51. The molecule has 9 nitrogen and oxygen atoms in total. The van der Waals surface area contributed by atoms with Crippen LogP contribution in [0.4, 0.5) is 4.79 Å². The Hall–Kier alpha value is -5.26. The number of rotatable bonds is 10. The van der Waals surface area contributed by atoms with E-state index < -0.39 is 27.8 Å². The molecular formula is C38H36N4O5S2. The number of nitrogens with one attached hydrogen (secondary N) is 2. The number of nitrogens with zero attached hydrogens (tertiary/aromatic N) is 2. The highest BCUT2D eigenvalue weighted by Crippen LogP contribution is 2.40. The Labute approximate surface area is 289 Å². The molecule has 0 aliphatic rings. The number of carbonyl (C=O) groups excluding carboxylic acids is 2. The molecule has 0 saturated heterocycles. The van der Waals surface area contributed by atoms with Gasteiger partial charge in [0.05, 0.1) is 15.8 Å². The lowest BCUT2D eigenvalue weighted by Gasteiger charge is -2.22. The minimum atomic E-state index is -3.97. The first-order valence-corrected chi connectivity index (χ1v) is 18.0. The third kappa shape index (κ3) is 7.74. The summed E-state index contributed by atoms with van der Waals surface area (Å²) in [4.78, 5) is 32.0. The molecular weight excluding hydrogens is 657 g/mol. The molecule has 11 heteroatoms. The molecule has 2 amide bonds. The van der Waals surface area contributed by atoms with Gasteiger partial charge in [-0.2, -0.15) is 0 Å². The molecule has 49 heavy (non-hydrogen) atoms. The molecule has 1 atom stereocenters. The third-order valence-electron chi connectivity index (χ3n) is 7.69. The maximum atomic E-state index is 13.9. The number of amides is 2. The van der Waals surface area contributed by atoms with Crippen molar-refractivity contribution >= 4 is 44.4 Å².